The lowest BCUT2D eigenvalue weighted by atomic mass is 9.82. The minimum Gasteiger partial charge on any atom is -0.326 e. The summed E-state index contributed by atoms with van der Waals surface area (Å²) in [6.07, 6.45) is 3.09. The summed E-state index contributed by atoms with van der Waals surface area (Å²) in [4.78, 5) is 12.6. The van der Waals surface area contributed by atoms with Gasteiger partial charge in [-0.3, -0.25) is 4.79 Å². The van der Waals surface area contributed by atoms with E-state index in [1.165, 1.54) is 11.1 Å². The number of nitrogens with one attached hydrogen (secondary N) is 1. The maximum absolute atomic E-state index is 12.6. The van der Waals surface area contributed by atoms with Crippen LogP contribution in [0.1, 0.15) is 35.4 Å². The second kappa shape index (κ2) is 6.44. The molecule has 0 spiro atoms. The number of carbonyl (C=O) groups excluding carboxylic acids is 1. The largest absolute Gasteiger partial charge is 0.326 e. The SMILES string of the molecule is O=C(Nc1cccc(CBr)c1)C1CCCc2ccccc21. The first-order chi connectivity index (χ1) is 10.3. The molecule has 1 aliphatic carbocycles. The zero-order valence-electron chi connectivity index (χ0n) is 11.8. The zero-order chi connectivity index (χ0) is 14.7. The van der Waals surface area contributed by atoms with E-state index in [2.05, 4.69) is 39.4 Å². The Morgan fingerprint density at radius 3 is 2.90 bits per heavy atom. The van der Waals surface area contributed by atoms with Crippen molar-refractivity contribution in [3.05, 3.63) is 65.2 Å². The standard InChI is InChI=1S/C18H18BrNO/c19-12-13-5-3-8-15(11-13)20-18(21)17-10-4-7-14-6-1-2-9-16(14)17/h1-3,5-6,8-9,11,17H,4,7,10,12H2,(H,20,21). The number of hydrogen-bond acceptors (Lipinski definition) is 1. The number of hydrogen-bond donors (Lipinski definition) is 1. The molecule has 0 aromatic heterocycles. The van der Waals surface area contributed by atoms with Gasteiger partial charge in [-0.25, -0.2) is 0 Å². The predicted octanol–water partition coefficient (Wildman–Crippen LogP) is 4.64. The smallest absolute Gasteiger partial charge is 0.231 e. The van der Waals surface area contributed by atoms with Crippen molar-refractivity contribution in [1.82, 2.24) is 0 Å². The van der Waals surface area contributed by atoms with Gasteiger partial charge in [0.15, 0.2) is 0 Å². The van der Waals surface area contributed by atoms with Crippen molar-refractivity contribution in [1.29, 1.82) is 0 Å². The van der Waals surface area contributed by atoms with Gasteiger partial charge in [-0.1, -0.05) is 52.3 Å². The molecule has 0 saturated carbocycles. The molecule has 2 aromatic rings. The number of amides is 1. The highest BCUT2D eigenvalue weighted by atomic mass is 79.9. The minimum absolute atomic E-state index is 0.0254. The lowest BCUT2D eigenvalue weighted by molar-refractivity contribution is -0.117. The van der Waals surface area contributed by atoms with Crippen LogP contribution >= 0.6 is 15.9 Å². The summed E-state index contributed by atoms with van der Waals surface area (Å²) < 4.78 is 0. The average molecular weight is 344 g/mol. The summed E-state index contributed by atoms with van der Waals surface area (Å²) >= 11 is 3.44. The molecule has 0 heterocycles. The van der Waals surface area contributed by atoms with Crippen molar-refractivity contribution in [2.45, 2.75) is 30.5 Å². The van der Waals surface area contributed by atoms with E-state index in [1.54, 1.807) is 0 Å². The molecule has 1 unspecified atom stereocenters. The summed E-state index contributed by atoms with van der Waals surface area (Å²) in [5.74, 6) is 0.0800. The zero-order valence-corrected chi connectivity index (χ0v) is 13.4. The van der Waals surface area contributed by atoms with Gasteiger partial charge >= 0.3 is 0 Å². The van der Waals surface area contributed by atoms with Crippen LogP contribution in [0.3, 0.4) is 0 Å². The van der Waals surface area contributed by atoms with Gasteiger partial charge in [0.1, 0.15) is 0 Å². The van der Waals surface area contributed by atoms with Crippen LogP contribution in [0.5, 0.6) is 0 Å². The van der Waals surface area contributed by atoms with E-state index < -0.39 is 0 Å². The first-order valence-corrected chi connectivity index (χ1v) is 8.43. The molecule has 2 aromatic carbocycles. The molecule has 1 aliphatic rings. The van der Waals surface area contributed by atoms with Gasteiger partial charge in [-0.2, -0.15) is 0 Å². The van der Waals surface area contributed by atoms with Crippen LogP contribution in [-0.4, -0.2) is 5.91 Å². The highest BCUT2D eigenvalue weighted by Gasteiger charge is 2.26. The van der Waals surface area contributed by atoms with Crippen molar-refractivity contribution < 1.29 is 4.79 Å². The normalized spacial score (nSPS) is 17.1. The van der Waals surface area contributed by atoms with Crippen LogP contribution in [0, 0.1) is 0 Å². The molecular weight excluding hydrogens is 326 g/mol. The Morgan fingerprint density at radius 2 is 2.05 bits per heavy atom. The number of rotatable bonds is 3. The molecule has 21 heavy (non-hydrogen) atoms. The fourth-order valence-electron chi connectivity index (χ4n) is 2.99. The maximum Gasteiger partial charge on any atom is 0.231 e. The van der Waals surface area contributed by atoms with E-state index in [9.17, 15) is 4.79 Å². The molecule has 1 atom stereocenters. The van der Waals surface area contributed by atoms with Gasteiger partial charge in [0.05, 0.1) is 5.92 Å². The van der Waals surface area contributed by atoms with Crippen molar-refractivity contribution >= 4 is 27.5 Å². The van der Waals surface area contributed by atoms with Gasteiger partial charge in [0.2, 0.25) is 5.91 Å². The minimum atomic E-state index is -0.0254. The topological polar surface area (TPSA) is 29.1 Å². The lowest BCUT2D eigenvalue weighted by Crippen LogP contribution is -2.24. The van der Waals surface area contributed by atoms with Gasteiger partial charge in [0.25, 0.3) is 0 Å². The molecule has 0 saturated heterocycles. The van der Waals surface area contributed by atoms with Crippen LogP contribution in [-0.2, 0) is 16.5 Å². The van der Waals surface area contributed by atoms with Gasteiger partial charge in [0, 0.05) is 11.0 Å². The molecule has 0 fully saturated rings. The van der Waals surface area contributed by atoms with E-state index in [1.807, 2.05) is 30.3 Å². The molecule has 2 nitrogen and oxygen atoms in total. The fourth-order valence-corrected chi connectivity index (χ4v) is 3.34. The first-order valence-electron chi connectivity index (χ1n) is 7.31. The Hall–Kier alpha value is -1.61. The average Bonchev–Trinajstić information content (AvgIpc) is 2.54. The molecule has 3 heteroatoms. The summed E-state index contributed by atoms with van der Waals surface area (Å²) in [5, 5.41) is 3.86. The highest BCUT2D eigenvalue weighted by Crippen LogP contribution is 2.32. The summed E-state index contributed by atoms with van der Waals surface area (Å²) in [5.41, 5.74) is 4.55. The van der Waals surface area contributed by atoms with E-state index in [0.717, 1.165) is 35.8 Å². The highest BCUT2D eigenvalue weighted by molar-refractivity contribution is 9.08. The third-order valence-corrected chi connectivity index (χ3v) is 4.68. The molecule has 1 N–H and O–H groups in total. The Morgan fingerprint density at radius 1 is 1.19 bits per heavy atom. The van der Waals surface area contributed by atoms with Gasteiger partial charge < -0.3 is 5.32 Å². The van der Waals surface area contributed by atoms with Gasteiger partial charge in [-0.05, 0) is 48.1 Å². The number of alkyl halides is 1. The van der Waals surface area contributed by atoms with Crippen molar-refractivity contribution in [2.24, 2.45) is 0 Å². The molecule has 108 valence electrons. The number of anilines is 1. The van der Waals surface area contributed by atoms with E-state index in [4.69, 9.17) is 0 Å². The van der Waals surface area contributed by atoms with E-state index >= 15 is 0 Å². The Labute approximate surface area is 133 Å². The van der Waals surface area contributed by atoms with Crippen LogP contribution < -0.4 is 5.32 Å². The van der Waals surface area contributed by atoms with E-state index in [-0.39, 0.29) is 11.8 Å². The number of benzene rings is 2. The Kier molecular flexibility index (Phi) is 4.39. The number of carbonyl (C=O) groups is 1. The van der Waals surface area contributed by atoms with Crippen LogP contribution in [0.4, 0.5) is 5.69 Å². The molecule has 3 rings (SSSR count). The fraction of sp³-hybridized carbons (Fsp3) is 0.278. The number of fused-ring (bicyclic) bond motifs is 1. The van der Waals surface area contributed by atoms with Crippen LogP contribution in [0.2, 0.25) is 0 Å². The van der Waals surface area contributed by atoms with Crippen LogP contribution in [0.15, 0.2) is 48.5 Å². The monoisotopic (exact) mass is 343 g/mol. The molecule has 1 amide bonds. The van der Waals surface area contributed by atoms with E-state index in [0.29, 0.717) is 0 Å². The summed E-state index contributed by atoms with van der Waals surface area (Å²) in [7, 11) is 0. The molecule has 0 bridgehead atoms. The number of halogens is 1. The summed E-state index contributed by atoms with van der Waals surface area (Å²) in [6, 6.07) is 16.3. The third-order valence-electron chi connectivity index (χ3n) is 4.03. The Balaban J connectivity index is 1.80. The van der Waals surface area contributed by atoms with Crippen LogP contribution in [0.25, 0.3) is 0 Å². The van der Waals surface area contributed by atoms with Gasteiger partial charge in [-0.15, -0.1) is 0 Å². The van der Waals surface area contributed by atoms with Crippen molar-refractivity contribution in [3.8, 4) is 0 Å². The lowest BCUT2D eigenvalue weighted by Gasteiger charge is -2.24. The van der Waals surface area contributed by atoms with Crippen molar-refractivity contribution in [2.75, 3.05) is 5.32 Å². The Bertz CT molecular complexity index is 653. The molecule has 0 aliphatic heterocycles. The quantitative estimate of drug-likeness (QED) is 0.808. The second-order valence-corrected chi connectivity index (χ2v) is 6.03. The molecule has 0 radical (unpaired) electrons. The first kappa shape index (κ1) is 14.3. The van der Waals surface area contributed by atoms with Crippen molar-refractivity contribution in [3.63, 3.8) is 0 Å². The second-order valence-electron chi connectivity index (χ2n) is 5.47. The third kappa shape index (κ3) is 3.18. The molecular formula is C18H18BrNO. The number of aryl methyl sites for hydroxylation is 1. The maximum atomic E-state index is 12.6. The predicted molar refractivity (Wildman–Crippen MR) is 89.8 cm³/mol. The summed E-state index contributed by atoms with van der Waals surface area (Å²) in [6.45, 7) is 0.